The van der Waals surface area contributed by atoms with Crippen molar-refractivity contribution < 1.29 is 4.74 Å². The quantitative estimate of drug-likeness (QED) is 0.862. The molecule has 0 amide bonds. The number of nitrogens with one attached hydrogen (secondary N) is 1. The summed E-state index contributed by atoms with van der Waals surface area (Å²) in [5, 5.41) is 3.57. The molecule has 2 saturated heterocycles. The number of hydrogen-bond donors (Lipinski definition) is 1. The van der Waals surface area contributed by atoms with Crippen LogP contribution in [0.1, 0.15) is 65.2 Å². The van der Waals surface area contributed by atoms with Gasteiger partial charge in [0.25, 0.3) is 0 Å². The smallest absolute Gasteiger partial charge is 0.0710 e. The van der Waals surface area contributed by atoms with Crippen molar-refractivity contribution in [2.24, 2.45) is 5.92 Å². The summed E-state index contributed by atoms with van der Waals surface area (Å²) in [4.78, 5) is 2.71. The molecule has 1 aliphatic carbocycles. The van der Waals surface area contributed by atoms with Crippen molar-refractivity contribution in [2.45, 2.75) is 83.0 Å². The molecule has 1 saturated carbocycles. The van der Waals surface area contributed by atoms with Crippen molar-refractivity contribution in [1.29, 1.82) is 0 Å². The molecule has 1 spiro atoms. The summed E-state index contributed by atoms with van der Waals surface area (Å²) in [6.07, 6.45) is 11.2. The average molecular weight is 294 g/mol. The van der Waals surface area contributed by atoms with E-state index in [-0.39, 0.29) is 5.60 Å². The van der Waals surface area contributed by atoms with Crippen molar-refractivity contribution >= 4 is 0 Å². The summed E-state index contributed by atoms with van der Waals surface area (Å²) in [5.74, 6) is 0.784. The molecular formula is C18H34N2O. The minimum absolute atomic E-state index is 0.282. The average Bonchev–Trinajstić information content (AvgIpc) is 2.84. The number of piperazine rings is 1. The molecule has 2 heterocycles. The molecule has 0 radical (unpaired) electrons. The Labute approximate surface area is 130 Å². The summed E-state index contributed by atoms with van der Waals surface area (Å²) in [7, 11) is 0. The molecule has 2 unspecified atom stereocenters. The highest BCUT2D eigenvalue weighted by Gasteiger charge is 2.41. The normalized spacial score (nSPS) is 33.9. The number of hydrogen-bond acceptors (Lipinski definition) is 3. The molecule has 0 aromatic rings. The fourth-order valence-electron chi connectivity index (χ4n) is 4.67. The van der Waals surface area contributed by atoms with Crippen LogP contribution in [0, 0.1) is 5.92 Å². The van der Waals surface area contributed by atoms with Gasteiger partial charge in [-0.15, -0.1) is 0 Å². The van der Waals surface area contributed by atoms with Crippen LogP contribution in [0.2, 0.25) is 0 Å². The maximum atomic E-state index is 6.58. The molecule has 0 aromatic carbocycles. The van der Waals surface area contributed by atoms with Crippen LogP contribution in [0.5, 0.6) is 0 Å². The third-order valence-corrected chi connectivity index (χ3v) is 5.76. The highest BCUT2D eigenvalue weighted by molar-refractivity contribution is 4.93. The fourth-order valence-corrected chi connectivity index (χ4v) is 4.67. The van der Waals surface area contributed by atoms with E-state index in [9.17, 15) is 0 Å². The van der Waals surface area contributed by atoms with Gasteiger partial charge in [0.15, 0.2) is 0 Å². The van der Waals surface area contributed by atoms with E-state index in [1.54, 1.807) is 0 Å². The van der Waals surface area contributed by atoms with E-state index in [0.29, 0.717) is 12.1 Å². The second-order valence-electron chi connectivity index (χ2n) is 8.00. The van der Waals surface area contributed by atoms with Gasteiger partial charge in [-0.1, -0.05) is 33.1 Å². The van der Waals surface area contributed by atoms with E-state index in [4.69, 9.17) is 4.74 Å². The van der Waals surface area contributed by atoms with Crippen LogP contribution in [0.15, 0.2) is 0 Å². The maximum absolute atomic E-state index is 6.58. The van der Waals surface area contributed by atoms with Gasteiger partial charge in [-0.05, 0) is 38.0 Å². The van der Waals surface area contributed by atoms with Crippen LogP contribution in [0.25, 0.3) is 0 Å². The monoisotopic (exact) mass is 294 g/mol. The Morgan fingerprint density at radius 3 is 2.76 bits per heavy atom. The molecule has 2 atom stereocenters. The minimum atomic E-state index is 0.282. The molecular weight excluding hydrogens is 260 g/mol. The lowest BCUT2D eigenvalue weighted by atomic mass is 9.83. The third-order valence-electron chi connectivity index (χ3n) is 5.76. The first-order valence-electron chi connectivity index (χ1n) is 9.29. The molecule has 3 fully saturated rings. The number of ether oxygens (including phenoxy) is 1. The summed E-state index contributed by atoms with van der Waals surface area (Å²) >= 11 is 0. The number of nitrogens with zero attached hydrogens (tertiary/aromatic N) is 1. The van der Waals surface area contributed by atoms with Crippen molar-refractivity contribution in [1.82, 2.24) is 10.2 Å². The van der Waals surface area contributed by atoms with Gasteiger partial charge in [0.1, 0.15) is 0 Å². The lowest BCUT2D eigenvalue weighted by molar-refractivity contribution is -0.0765. The largest absolute Gasteiger partial charge is 0.370 e. The Bertz CT molecular complexity index is 325. The van der Waals surface area contributed by atoms with E-state index >= 15 is 0 Å². The predicted molar refractivity (Wildman–Crippen MR) is 87.6 cm³/mol. The van der Waals surface area contributed by atoms with E-state index in [1.165, 1.54) is 64.5 Å². The van der Waals surface area contributed by atoms with Crippen LogP contribution in [0.3, 0.4) is 0 Å². The Hall–Kier alpha value is -0.120. The zero-order valence-corrected chi connectivity index (χ0v) is 14.1. The van der Waals surface area contributed by atoms with Gasteiger partial charge in [-0.25, -0.2) is 0 Å². The highest BCUT2D eigenvalue weighted by atomic mass is 16.5. The maximum Gasteiger partial charge on any atom is 0.0710 e. The Kier molecular flexibility index (Phi) is 5.23. The summed E-state index contributed by atoms with van der Waals surface area (Å²) in [6.45, 7) is 9.36. The van der Waals surface area contributed by atoms with Crippen molar-refractivity contribution in [3.05, 3.63) is 0 Å². The molecule has 3 nitrogen and oxygen atoms in total. The molecule has 21 heavy (non-hydrogen) atoms. The van der Waals surface area contributed by atoms with Crippen molar-refractivity contribution in [3.8, 4) is 0 Å². The van der Waals surface area contributed by atoms with Crippen LogP contribution < -0.4 is 5.32 Å². The standard InChI is InChI=1S/C18H34N2O/c1-15(2)12-16-13-19-10-11-20(16)14-17-6-9-18(21-17)7-4-3-5-8-18/h15-17,19H,3-14H2,1-2H3. The lowest BCUT2D eigenvalue weighted by Gasteiger charge is -2.39. The topological polar surface area (TPSA) is 24.5 Å². The Morgan fingerprint density at radius 1 is 1.19 bits per heavy atom. The van der Waals surface area contributed by atoms with E-state index in [1.807, 2.05) is 0 Å². The Balaban J connectivity index is 1.53. The van der Waals surface area contributed by atoms with Crippen LogP contribution >= 0.6 is 0 Å². The molecule has 3 heteroatoms. The van der Waals surface area contributed by atoms with Gasteiger partial charge in [0.2, 0.25) is 0 Å². The zero-order chi connectivity index (χ0) is 14.7. The molecule has 1 N–H and O–H groups in total. The highest BCUT2D eigenvalue weighted by Crippen LogP contribution is 2.42. The first kappa shape index (κ1) is 15.8. The van der Waals surface area contributed by atoms with Crippen molar-refractivity contribution in [3.63, 3.8) is 0 Å². The summed E-state index contributed by atoms with van der Waals surface area (Å²) < 4.78 is 6.58. The molecule has 2 aliphatic heterocycles. The molecule has 0 aromatic heterocycles. The van der Waals surface area contributed by atoms with E-state index < -0.39 is 0 Å². The molecule has 0 bridgehead atoms. The van der Waals surface area contributed by atoms with Gasteiger partial charge in [0.05, 0.1) is 11.7 Å². The van der Waals surface area contributed by atoms with Gasteiger partial charge < -0.3 is 10.1 Å². The van der Waals surface area contributed by atoms with E-state index in [2.05, 4.69) is 24.1 Å². The molecule has 3 aliphatic rings. The first-order chi connectivity index (χ1) is 10.2. The number of rotatable bonds is 4. The van der Waals surface area contributed by atoms with Crippen LogP contribution in [-0.2, 0) is 4.74 Å². The fraction of sp³-hybridized carbons (Fsp3) is 1.00. The predicted octanol–water partition coefficient (Wildman–Crippen LogP) is 3.19. The molecule has 3 rings (SSSR count). The lowest BCUT2D eigenvalue weighted by Crippen LogP contribution is -2.53. The third kappa shape index (κ3) is 4.00. The van der Waals surface area contributed by atoms with Crippen LogP contribution in [-0.4, -0.2) is 48.8 Å². The minimum Gasteiger partial charge on any atom is -0.370 e. The molecule has 122 valence electrons. The zero-order valence-electron chi connectivity index (χ0n) is 14.1. The van der Waals surface area contributed by atoms with Gasteiger partial charge >= 0.3 is 0 Å². The summed E-state index contributed by atoms with van der Waals surface area (Å²) in [5.41, 5.74) is 0.282. The SMILES string of the molecule is CC(C)CC1CNCCN1CC1CCC2(CCCCC2)O1. The second-order valence-corrected chi connectivity index (χ2v) is 8.00. The second kappa shape index (κ2) is 6.97. The Morgan fingerprint density at radius 2 is 2.00 bits per heavy atom. The summed E-state index contributed by atoms with van der Waals surface area (Å²) in [6, 6.07) is 0.713. The first-order valence-corrected chi connectivity index (χ1v) is 9.29. The van der Waals surface area contributed by atoms with Gasteiger partial charge in [-0.2, -0.15) is 0 Å². The van der Waals surface area contributed by atoms with E-state index in [0.717, 1.165) is 19.0 Å². The van der Waals surface area contributed by atoms with Crippen molar-refractivity contribution in [2.75, 3.05) is 26.2 Å². The van der Waals surface area contributed by atoms with Gasteiger partial charge in [0, 0.05) is 32.2 Å². The van der Waals surface area contributed by atoms with Gasteiger partial charge in [-0.3, -0.25) is 4.90 Å². The van der Waals surface area contributed by atoms with Crippen LogP contribution in [0.4, 0.5) is 0 Å².